The maximum atomic E-state index is 12.0. The molecule has 0 spiro atoms. The van der Waals surface area contributed by atoms with Crippen molar-refractivity contribution >= 4 is 27.1 Å². The van der Waals surface area contributed by atoms with Crippen molar-refractivity contribution in [1.82, 2.24) is 0 Å². The molecule has 8 nitrogen and oxygen atoms in total. The second kappa shape index (κ2) is 12.8. The summed E-state index contributed by atoms with van der Waals surface area (Å²) in [6.45, 7) is 14.5. The molecule has 1 fully saturated rings. The molecule has 4 aromatic rings. The molecule has 9 heteroatoms. The lowest BCUT2D eigenvalue weighted by atomic mass is 9.90. The highest BCUT2D eigenvalue weighted by molar-refractivity contribution is 7.92. The van der Waals surface area contributed by atoms with Gasteiger partial charge >= 0.3 is 0 Å². The average Bonchev–Trinajstić information content (AvgIpc) is 2.97. The molecule has 0 saturated carbocycles. The number of hydrogen-bond acceptors (Lipinski definition) is 6. The largest absolute Gasteiger partial charge is 0.493 e. The van der Waals surface area contributed by atoms with E-state index in [1.54, 1.807) is 6.07 Å². The molecule has 0 amide bonds. The minimum atomic E-state index is -3.43. The summed E-state index contributed by atoms with van der Waals surface area (Å²) in [5, 5.41) is 0. The minimum Gasteiger partial charge on any atom is -0.493 e. The highest BCUT2D eigenvalue weighted by atomic mass is 32.2. The average molecular weight is 598 g/mol. The van der Waals surface area contributed by atoms with E-state index in [4.69, 9.17) is 20.8 Å². The highest BCUT2D eigenvalue weighted by Gasteiger charge is 2.34. The number of benzene rings is 4. The van der Waals surface area contributed by atoms with E-state index in [1.807, 2.05) is 91.9 Å². The summed E-state index contributed by atoms with van der Waals surface area (Å²) in [5.41, 5.74) is 5.01. The Morgan fingerprint density at radius 1 is 0.907 bits per heavy atom. The first-order chi connectivity index (χ1) is 20.6. The van der Waals surface area contributed by atoms with Crippen LogP contribution in [0.2, 0.25) is 0 Å². The molecule has 0 bridgehead atoms. The summed E-state index contributed by atoms with van der Waals surface area (Å²) in [6, 6.07) is 28.7. The van der Waals surface area contributed by atoms with Gasteiger partial charge < -0.3 is 19.1 Å². The Morgan fingerprint density at radius 3 is 2.14 bits per heavy atom. The number of hydrogen-bond donors (Lipinski definition) is 1. The van der Waals surface area contributed by atoms with Gasteiger partial charge in [0, 0.05) is 30.3 Å². The Bertz CT molecular complexity index is 1710. The topological polar surface area (TPSA) is 81.5 Å². The van der Waals surface area contributed by atoms with E-state index in [1.165, 1.54) is 0 Å². The normalized spacial score (nSPS) is 13.8. The molecule has 0 atom stereocenters. The van der Waals surface area contributed by atoms with E-state index in [-0.39, 0.29) is 5.41 Å². The molecule has 0 unspecified atom stereocenters. The number of rotatable bonds is 12. The molecular formula is C34H35N3O5S. The predicted molar refractivity (Wildman–Crippen MR) is 170 cm³/mol. The first-order valence-corrected chi connectivity index (χ1v) is 15.8. The van der Waals surface area contributed by atoms with Gasteiger partial charge in [0.15, 0.2) is 5.69 Å². The minimum absolute atomic E-state index is 0.0614. The molecule has 0 aliphatic carbocycles. The molecule has 4 aromatic carbocycles. The van der Waals surface area contributed by atoms with E-state index in [2.05, 4.69) is 21.4 Å². The fourth-order valence-electron chi connectivity index (χ4n) is 4.84. The molecule has 43 heavy (non-hydrogen) atoms. The van der Waals surface area contributed by atoms with Crippen molar-refractivity contribution in [2.75, 3.05) is 35.7 Å². The van der Waals surface area contributed by atoms with Crippen LogP contribution in [0.15, 0.2) is 91.0 Å². The molecule has 0 radical (unpaired) electrons. The summed E-state index contributed by atoms with van der Waals surface area (Å²) >= 11 is 0. The van der Waals surface area contributed by atoms with Gasteiger partial charge in [-0.3, -0.25) is 4.72 Å². The third-order valence-electron chi connectivity index (χ3n) is 7.21. The van der Waals surface area contributed by atoms with E-state index in [0.29, 0.717) is 55.8 Å². The summed E-state index contributed by atoms with van der Waals surface area (Å²) in [5.74, 6) is 2.15. The van der Waals surface area contributed by atoms with Crippen LogP contribution in [0.1, 0.15) is 23.6 Å². The van der Waals surface area contributed by atoms with Gasteiger partial charge in [0.05, 0.1) is 38.3 Å². The summed E-state index contributed by atoms with van der Waals surface area (Å²) in [4.78, 5) is 5.69. The maximum Gasteiger partial charge on any atom is 0.229 e. The molecule has 1 aliphatic heterocycles. The Morgan fingerprint density at radius 2 is 1.53 bits per heavy atom. The quantitative estimate of drug-likeness (QED) is 0.172. The maximum absolute atomic E-state index is 12.0. The Balaban J connectivity index is 1.33. The van der Waals surface area contributed by atoms with Gasteiger partial charge in [0.1, 0.15) is 17.2 Å². The fourth-order valence-corrected chi connectivity index (χ4v) is 5.46. The molecule has 1 aliphatic rings. The van der Waals surface area contributed by atoms with Crippen LogP contribution in [0.5, 0.6) is 17.2 Å². The summed E-state index contributed by atoms with van der Waals surface area (Å²) in [6.07, 6.45) is 1.15. The predicted octanol–water partition coefficient (Wildman–Crippen LogP) is 7.33. The van der Waals surface area contributed by atoms with Crippen LogP contribution in [0.4, 0.5) is 17.1 Å². The van der Waals surface area contributed by atoms with Crippen molar-refractivity contribution in [3.8, 4) is 17.2 Å². The van der Waals surface area contributed by atoms with Crippen LogP contribution < -0.4 is 19.1 Å². The van der Waals surface area contributed by atoms with Gasteiger partial charge in [-0.15, -0.1) is 0 Å². The van der Waals surface area contributed by atoms with Gasteiger partial charge in [-0.25, -0.2) is 13.3 Å². The number of nitrogens with one attached hydrogen (secondary N) is 1. The smallest absolute Gasteiger partial charge is 0.229 e. The zero-order valence-corrected chi connectivity index (χ0v) is 25.4. The van der Waals surface area contributed by atoms with Crippen molar-refractivity contribution in [2.45, 2.75) is 26.9 Å². The van der Waals surface area contributed by atoms with E-state index in [0.717, 1.165) is 34.4 Å². The van der Waals surface area contributed by atoms with Crippen molar-refractivity contribution in [2.24, 2.45) is 5.41 Å². The number of anilines is 2. The highest BCUT2D eigenvalue weighted by Crippen LogP contribution is 2.32. The molecule has 1 saturated heterocycles. The monoisotopic (exact) mass is 597 g/mol. The van der Waals surface area contributed by atoms with Crippen molar-refractivity contribution in [3.63, 3.8) is 0 Å². The van der Waals surface area contributed by atoms with Gasteiger partial charge in [-0.1, -0.05) is 55.5 Å². The summed E-state index contributed by atoms with van der Waals surface area (Å²) < 4.78 is 44.0. The first-order valence-electron chi connectivity index (χ1n) is 14.0. The van der Waals surface area contributed by atoms with E-state index >= 15 is 0 Å². The van der Waals surface area contributed by atoms with Gasteiger partial charge in [-0.2, -0.15) is 0 Å². The van der Waals surface area contributed by atoms with Crippen molar-refractivity contribution < 1.29 is 22.6 Å². The Labute approximate surface area is 253 Å². The molecule has 222 valence electrons. The number of ether oxygens (including phenoxy) is 3. The second-order valence-electron chi connectivity index (χ2n) is 11.3. The molecule has 0 aromatic heterocycles. The van der Waals surface area contributed by atoms with Gasteiger partial charge in [0.25, 0.3) is 0 Å². The number of nitrogens with zero attached hydrogens (tertiary/aromatic N) is 2. The Hall–Kier alpha value is -4.52. The van der Waals surface area contributed by atoms with Gasteiger partial charge in [0.2, 0.25) is 10.0 Å². The van der Waals surface area contributed by atoms with Crippen LogP contribution in [0.25, 0.3) is 4.85 Å². The third-order valence-corrected chi connectivity index (χ3v) is 7.80. The van der Waals surface area contributed by atoms with Crippen LogP contribution >= 0.6 is 0 Å². The van der Waals surface area contributed by atoms with E-state index < -0.39 is 10.0 Å². The van der Waals surface area contributed by atoms with Gasteiger partial charge in [-0.05, 0) is 60.0 Å². The lowest BCUT2D eigenvalue weighted by molar-refractivity contribution is -0.120. The molecular weight excluding hydrogens is 562 g/mol. The first kappa shape index (κ1) is 30.0. The van der Waals surface area contributed by atoms with Crippen molar-refractivity contribution in [1.29, 1.82) is 0 Å². The zero-order valence-electron chi connectivity index (χ0n) is 24.5. The number of sulfonamides is 1. The van der Waals surface area contributed by atoms with Crippen LogP contribution in [0.3, 0.4) is 0 Å². The summed E-state index contributed by atoms with van der Waals surface area (Å²) in [7, 11) is -3.43. The third kappa shape index (κ3) is 8.07. The zero-order chi connectivity index (χ0) is 30.5. The van der Waals surface area contributed by atoms with Crippen LogP contribution in [-0.4, -0.2) is 34.5 Å². The standard InChI is InChI=1S/C34H35N3O5S/c1-25-32(36-43(4,38)39)9-6-10-33(25)37(20-26-11-15-28(35-3)16-12-26)21-27-13-17-29(18-14-27)42-31-8-5-7-30(19-31)41-24-34(2)22-40-23-34/h5-19,36H,20-24H2,1-2,4H3. The molecule has 1 N–H and O–H groups in total. The lowest BCUT2D eigenvalue weighted by Gasteiger charge is -2.37. The molecule has 1 heterocycles. The molecule has 5 rings (SSSR count). The SMILES string of the molecule is [C-]#[N+]c1ccc(CN(Cc2ccc(Oc3cccc(OCC4(C)COC4)c3)cc2)c2cccc(NS(C)(=O)=O)c2C)cc1. The van der Waals surface area contributed by atoms with Crippen LogP contribution in [0, 0.1) is 18.9 Å². The second-order valence-corrected chi connectivity index (χ2v) is 13.0. The van der Waals surface area contributed by atoms with E-state index in [9.17, 15) is 8.42 Å². The lowest BCUT2D eigenvalue weighted by Crippen LogP contribution is -2.44. The van der Waals surface area contributed by atoms with Crippen LogP contribution in [-0.2, 0) is 27.8 Å². The Kier molecular flexibility index (Phi) is 8.90. The van der Waals surface area contributed by atoms with Crippen molar-refractivity contribution in [3.05, 3.63) is 119 Å². The fraction of sp³-hybridized carbons (Fsp3) is 0.265.